The van der Waals surface area contributed by atoms with Crippen molar-refractivity contribution < 1.29 is 14.7 Å². The first-order chi connectivity index (χ1) is 10.5. The standard InChI is InChI=1S/C14H16BrClN2O3S/c15-11(16)8-6-22-13-9(17-7-4-2-1-3-5-7)12(19)18(13)10(8)14(20)21/h9,11,13H,1-6H2,(H,20,21)/t9?,11?,13-/m0/s1. The lowest BCUT2D eigenvalue weighted by atomic mass is 9.97. The quantitative estimate of drug-likeness (QED) is 0.577. The Bertz CT molecular complexity index is 570. The number of nitrogens with zero attached hydrogens (tertiary/aromatic N) is 2. The van der Waals surface area contributed by atoms with Crippen LogP contribution in [0.4, 0.5) is 0 Å². The molecule has 1 saturated carbocycles. The Labute approximate surface area is 146 Å². The molecule has 1 saturated heterocycles. The van der Waals surface area contributed by atoms with Crippen LogP contribution in [0.3, 0.4) is 0 Å². The van der Waals surface area contributed by atoms with Crippen molar-refractivity contribution in [2.75, 3.05) is 5.75 Å². The highest BCUT2D eigenvalue weighted by Crippen LogP contribution is 2.44. The summed E-state index contributed by atoms with van der Waals surface area (Å²) < 4.78 is -0.580. The van der Waals surface area contributed by atoms with E-state index in [9.17, 15) is 14.7 Å². The van der Waals surface area contributed by atoms with Gasteiger partial charge in [-0.15, -0.1) is 23.4 Å². The number of carbonyl (C=O) groups excluding carboxylic acids is 1. The molecule has 0 radical (unpaired) electrons. The van der Waals surface area contributed by atoms with Gasteiger partial charge in [0.05, 0.1) is 0 Å². The molecule has 0 aromatic rings. The van der Waals surface area contributed by atoms with E-state index in [2.05, 4.69) is 20.9 Å². The minimum Gasteiger partial charge on any atom is -0.477 e. The Morgan fingerprint density at radius 3 is 2.68 bits per heavy atom. The number of carbonyl (C=O) groups is 2. The first kappa shape index (κ1) is 16.3. The van der Waals surface area contributed by atoms with Crippen LogP contribution < -0.4 is 0 Å². The summed E-state index contributed by atoms with van der Waals surface area (Å²) in [7, 11) is 0. The Hall–Kier alpha value is -0.530. The third kappa shape index (κ3) is 2.83. The molecule has 1 amide bonds. The molecule has 0 aromatic carbocycles. The maximum Gasteiger partial charge on any atom is 0.352 e. The van der Waals surface area contributed by atoms with E-state index >= 15 is 0 Å². The van der Waals surface area contributed by atoms with Crippen LogP contribution in [0.2, 0.25) is 0 Å². The number of amides is 1. The monoisotopic (exact) mass is 406 g/mol. The van der Waals surface area contributed by atoms with Crippen LogP contribution >= 0.6 is 39.3 Å². The lowest BCUT2D eigenvalue weighted by Gasteiger charge is -2.48. The van der Waals surface area contributed by atoms with Crippen molar-refractivity contribution in [3.8, 4) is 0 Å². The second-order valence-electron chi connectivity index (χ2n) is 5.59. The summed E-state index contributed by atoms with van der Waals surface area (Å²) in [5.41, 5.74) is 1.66. The van der Waals surface area contributed by atoms with Gasteiger partial charge >= 0.3 is 5.97 Å². The molecule has 3 atom stereocenters. The van der Waals surface area contributed by atoms with Crippen molar-refractivity contribution in [1.82, 2.24) is 4.90 Å². The molecule has 1 aliphatic carbocycles. The fourth-order valence-corrected chi connectivity index (χ4v) is 5.30. The molecule has 8 heteroatoms. The zero-order valence-corrected chi connectivity index (χ0v) is 15.0. The van der Waals surface area contributed by atoms with Crippen LogP contribution in [0.5, 0.6) is 0 Å². The van der Waals surface area contributed by atoms with E-state index < -0.39 is 16.3 Å². The van der Waals surface area contributed by atoms with Crippen LogP contribution in [0.1, 0.15) is 32.1 Å². The topological polar surface area (TPSA) is 70.0 Å². The number of alkyl halides is 2. The van der Waals surface area contributed by atoms with Gasteiger partial charge in [0.2, 0.25) is 0 Å². The first-order valence-corrected chi connectivity index (χ1v) is 9.65. The lowest BCUT2D eigenvalue weighted by Crippen LogP contribution is -2.64. The SMILES string of the molecule is O=C(O)C1=C(C(Cl)Br)CS[C@H]2C(N=C3CCCCC3)C(=O)N12. The molecule has 3 aliphatic rings. The van der Waals surface area contributed by atoms with Gasteiger partial charge in [-0.2, -0.15) is 0 Å². The van der Waals surface area contributed by atoms with E-state index in [1.54, 1.807) is 0 Å². The fourth-order valence-electron chi connectivity index (χ4n) is 3.06. The normalized spacial score (nSPS) is 29.8. The molecule has 0 aromatic heterocycles. The Kier molecular flexibility index (Phi) is 4.85. The second-order valence-corrected chi connectivity index (χ2v) is 8.57. The molecule has 0 bridgehead atoms. The van der Waals surface area contributed by atoms with Gasteiger partial charge in [0.15, 0.2) is 6.04 Å². The van der Waals surface area contributed by atoms with Crippen molar-refractivity contribution in [2.24, 2.45) is 4.99 Å². The van der Waals surface area contributed by atoms with E-state index in [1.165, 1.54) is 23.1 Å². The minimum absolute atomic E-state index is 0.0192. The van der Waals surface area contributed by atoms with Crippen molar-refractivity contribution in [2.45, 2.75) is 47.8 Å². The van der Waals surface area contributed by atoms with Gasteiger partial charge in [-0.25, -0.2) is 4.79 Å². The van der Waals surface area contributed by atoms with Crippen molar-refractivity contribution in [3.63, 3.8) is 0 Å². The highest BCUT2D eigenvalue weighted by Gasteiger charge is 2.54. The Morgan fingerprint density at radius 1 is 1.41 bits per heavy atom. The molecule has 22 heavy (non-hydrogen) atoms. The molecule has 0 spiro atoms. The Balaban J connectivity index is 1.84. The maximum absolute atomic E-state index is 12.4. The zero-order chi connectivity index (χ0) is 15.9. The molecule has 2 heterocycles. The number of carboxylic acids is 1. The van der Waals surface area contributed by atoms with E-state index in [1.807, 2.05) is 0 Å². The predicted molar refractivity (Wildman–Crippen MR) is 90.6 cm³/mol. The number of rotatable bonds is 3. The largest absolute Gasteiger partial charge is 0.477 e. The highest BCUT2D eigenvalue weighted by molar-refractivity contribution is 9.10. The number of hydrogen-bond acceptors (Lipinski definition) is 4. The van der Waals surface area contributed by atoms with Gasteiger partial charge in [-0.05, 0) is 31.3 Å². The van der Waals surface area contributed by atoms with Gasteiger partial charge < -0.3 is 5.11 Å². The fraction of sp³-hybridized carbons (Fsp3) is 0.643. The van der Waals surface area contributed by atoms with E-state index in [4.69, 9.17) is 11.6 Å². The van der Waals surface area contributed by atoms with E-state index in [0.29, 0.717) is 11.3 Å². The van der Waals surface area contributed by atoms with Gasteiger partial charge in [-0.1, -0.05) is 22.4 Å². The molecule has 1 N–H and O–H groups in total. The predicted octanol–water partition coefficient (Wildman–Crippen LogP) is 2.97. The molecule has 120 valence electrons. The summed E-state index contributed by atoms with van der Waals surface area (Å²) in [5.74, 6) is -0.839. The smallest absolute Gasteiger partial charge is 0.352 e. The average molecular weight is 408 g/mol. The third-order valence-electron chi connectivity index (χ3n) is 4.19. The van der Waals surface area contributed by atoms with Crippen molar-refractivity contribution >= 4 is 56.9 Å². The Morgan fingerprint density at radius 2 is 2.09 bits per heavy atom. The summed E-state index contributed by atoms with van der Waals surface area (Å²) >= 11 is 10.7. The van der Waals surface area contributed by atoms with Crippen LogP contribution in [0.15, 0.2) is 16.3 Å². The number of carboxylic acid groups (broad SMARTS) is 1. The summed E-state index contributed by atoms with van der Waals surface area (Å²) in [6.45, 7) is 0. The number of aliphatic carboxylic acids is 1. The summed E-state index contributed by atoms with van der Waals surface area (Å²) in [6.07, 6.45) is 5.39. The van der Waals surface area contributed by atoms with Crippen LogP contribution in [0.25, 0.3) is 0 Å². The minimum atomic E-state index is -1.11. The molecular formula is C14H16BrClN2O3S. The molecule has 3 rings (SSSR count). The maximum atomic E-state index is 12.4. The first-order valence-electron chi connectivity index (χ1n) is 7.25. The van der Waals surface area contributed by atoms with Crippen LogP contribution in [-0.4, -0.2) is 49.0 Å². The van der Waals surface area contributed by atoms with Crippen molar-refractivity contribution in [3.05, 3.63) is 11.3 Å². The number of halogens is 2. The molecular weight excluding hydrogens is 392 g/mol. The number of hydrogen-bond donors (Lipinski definition) is 1. The van der Waals surface area contributed by atoms with Crippen LogP contribution in [-0.2, 0) is 9.59 Å². The summed E-state index contributed by atoms with van der Waals surface area (Å²) in [5, 5.41) is 9.22. The highest BCUT2D eigenvalue weighted by atomic mass is 79.9. The van der Waals surface area contributed by atoms with Gasteiger partial charge in [0.1, 0.15) is 15.4 Å². The number of fused-ring (bicyclic) bond motifs is 1. The average Bonchev–Trinajstić information content (AvgIpc) is 2.51. The molecule has 2 unspecified atom stereocenters. The summed E-state index contributed by atoms with van der Waals surface area (Å²) in [6, 6.07) is -0.432. The van der Waals surface area contributed by atoms with Gasteiger partial charge in [0.25, 0.3) is 5.91 Å². The molecule has 5 nitrogen and oxygen atoms in total. The molecule has 2 aliphatic heterocycles. The van der Waals surface area contributed by atoms with Gasteiger partial charge in [-0.3, -0.25) is 14.7 Å². The van der Waals surface area contributed by atoms with E-state index in [-0.39, 0.29) is 17.0 Å². The molecule has 2 fully saturated rings. The third-order valence-corrected chi connectivity index (χ3v) is 6.29. The van der Waals surface area contributed by atoms with E-state index in [0.717, 1.165) is 31.4 Å². The zero-order valence-electron chi connectivity index (χ0n) is 11.8. The van der Waals surface area contributed by atoms with Crippen molar-refractivity contribution in [1.29, 1.82) is 0 Å². The number of thioether (sulfide) groups is 1. The summed E-state index contributed by atoms with van der Waals surface area (Å²) in [4.78, 5) is 29.9. The lowest BCUT2D eigenvalue weighted by molar-refractivity contribution is -0.147. The number of aliphatic imine (C=N–C) groups is 1. The van der Waals surface area contributed by atoms with Gasteiger partial charge in [0, 0.05) is 11.5 Å². The second kappa shape index (κ2) is 6.53. The number of β-lactam (4-membered cyclic amide) rings is 1. The van der Waals surface area contributed by atoms with Crippen LogP contribution in [0, 0.1) is 0 Å².